The van der Waals surface area contributed by atoms with Gasteiger partial charge in [-0.25, -0.2) is 0 Å². The van der Waals surface area contributed by atoms with Crippen molar-refractivity contribution >= 4 is 23.5 Å². The number of thioether (sulfide) groups is 2. The van der Waals surface area contributed by atoms with Crippen molar-refractivity contribution in [3.05, 3.63) is 0 Å². The van der Waals surface area contributed by atoms with Crippen molar-refractivity contribution in [3.63, 3.8) is 0 Å². The van der Waals surface area contributed by atoms with Crippen LogP contribution in [0.15, 0.2) is 0 Å². The van der Waals surface area contributed by atoms with Crippen molar-refractivity contribution in [3.8, 4) is 0 Å². The van der Waals surface area contributed by atoms with Gasteiger partial charge in [0.25, 0.3) is 0 Å². The summed E-state index contributed by atoms with van der Waals surface area (Å²) in [5.41, 5.74) is 0. The molecule has 1 heterocycles. The minimum Gasteiger partial charge on any atom is -0.144 e. The van der Waals surface area contributed by atoms with Crippen molar-refractivity contribution in [2.75, 3.05) is 11.5 Å². The molecule has 1 saturated heterocycles. The maximum Gasteiger partial charge on any atom is 0.0583 e. The van der Waals surface area contributed by atoms with Crippen molar-refractivity contribution < 1.29 is 0 Å². The maximum absolute atomic E-state index is 2.41. The van der Waals surface area contributed by atoms with Gasteiger partial charge in [-0.15, -0.1) is 23.5 Å². The van der Waals surface area contributed by atoms with Crippen LogP contribution in [0.25, 0.3) is 0 Å². The van der Waals surface area contributed by atoms with Gasteiger partial charge in [-0.05, 0) is 13.3 Å². The van der Waals surface area contributed by atoms with Crippen LogP contribution in [-0.4, -0.2) is 15.6 Å². The van der Waals surface area contributed by atoms with Crippen molar-refractivity contribution in [2.24, 2.45) is 0 Å². The summed E-state index contributed by atoms with van der Waals surface area (Å²) >= 11 is 4.32. The molecule has 1 aliphatic rings. The van der Waals surface area contributed by atoms with E-state index in [1.165, 1.54) is 37.2 Å². The molecule has 66 valence electrons. The van der Waals surface area contributed by atoms with Gasteiger partial charge in [0.05, 0.1) is 4.08 Å². The standard InChI is InChI=1S/C9H18S2/c1-3-4-5-6-9(2)10-7-8-11-9/h3-8H2,1-2H3. The van der Waals surface area contributed by atoms with Crippen LogP contribution >= 0.6 is 23.5 Å². The third-order valence-electron chi connectivity index (χ3n) is 2.13. The van der Waals surface area contributed by atoms with Crippen LogP contribution in [0.3, 0.4) is 0 Å². The fourth-order valence-corrected chi connectivity index (χ4v) is 4.34. The monoisotopic (exact) mass is 190 g/mol. The molecule has 0 radical (unpaired) electrons. The average Bonchev–Trinajstić information content (AvgIpc) is 2.38. The fraction of sp³-hybridized carbons (Fsp3) is 1.00. The topological polar surface area (TPSA) is 0 Å². The number of hydrogen-bond acceptors (Lipinski definition) is 2. The molecule has 1 rings (SSSR count). The van der Waals surface area contributed by atoms with Gasteiger partial charge in [0.2, 0.25) is 0 Å². The molecule has 0 atom stereocenters. The molecule has 0 saturated carbocycles. The molecule has 0 aromatic rings. The zero-order chi connectivity index (χ0) is 8.16. The third-order valence-corrected chi connectivity index (χ3v) is 5.54. The highest BCUT2D eigenvalue weighted by molar-refractivity contribution is 8.21. The molecule has 0 aromatic carbocycles. The highest BCUT2D eigenvalue weighted by atomic mass is 32.2. The second-order valence-electron chi connectivity index (χ2n) is 3.29. The Kier molecular flexibility index (Phi) is 4.14. The SMILES string of the molecule is CCCCCC1(C)SCCS1. The molecular formula is C9H18S2. The Bertz CT molecular complexity index is 106. The Morgan fingerprint density at radius 2 is 1.82 bits per heavy atom. The summed E-state index contributed by atoms with van der Waals surface area (Å²) in [5.74, 6) is 2.74. The molecule has 0 spiro atoms. The van der Waals surface area contributed by atoms with Crippen LogP contribution in [0.2, 0.25) is 0 Å². The summed E-state index contributed by atoms with van der Waals surface area (Å²) in [7, 11) is 0. The third kappa shape index (κ3) is 3.29. The first-order valence-corrected chi connectivity index (χ1v) is 6.52. The zero-order valence-corrected chi connectivity index (χ0v) is 9.19. The van der Waals surface area contributed by atoms with Crippen molar-refractivity contribution in [1.29, 1.82) is 0 Å². The highest BCUT2D eigenvalue weighted by Gasteiger charge is 2.29. The van der Waals surface area contributed by atoms with E-state index >= 15 is 0 Å². The van der Waals surface area contributed by atoms with E-state index in [-0.39, 0.29) is 0 Å². The van der Waals surface area contributed by atoms with E-state index in [9.17, 15) is 0 Å². The molecule has 0 bridgehead atoms. The molecular weight excluding hydrogens is 172 g/mol. The van der Waals surface area contributed by atoms with Crippen molar-refractivity contribution in [1.82, 2.24) is 0 Å². The minimum atomic E-state index is 0.579. The van der Waals surface area contributed by atoms with Crippen LogP contribution < -0.4 is 0 Å². The number of unbranched alkanes of at least 4 members (excludes halogenated alkanes) is 2. The molecule has 1 fully saturated rings. The second kappa shape index (κ2) is 4.66. The lowest BCUT2D eigenvalue weighted by Crippen LogP contribution is -2.10. The summed E-state index contributed by atoms with van der Waals surface area (Å²) in [6, 6.07) is 0. The number of hydrogen-bond donors (Lipinski definition) is 0. The van der Waals surface area contributed by atoms with E-state index in [1.807, 2.05) is 0 Å². The van der Waals surface area contributed by atoms with E-state index in [0.717, 1.165) is 0 Å². The van der Waals surface area contributed by atoms with Gasteiger partial charge < -0.3 is 0 Å². The van der Waals surface area contributed by atoms with E-state index in [4.69, 9.17) is 0 Å². The summed E-state index contributed by atoms with van der Waals surface area (Å²) < 4.78 is 0.579. The normalized spacial score (nSPS) is 22.4. The van der Waals surface area contributed by atoms with Crippen LogP contribution in [0, 0.1) is 0 Å². The van der Waals surface area contributed by atoms with Gasteiger partial charge in [0.15, 0.2) is 0 Å². The first-order valence-electron chi connectivity index (χ1n) is 4.55. The minimum absolute atomic E-state index is 0.579. The Balaban J connectivity index is 2.13. The quantitative estimate of drug-likeness (QED) is 0.619. The maximum atomic E-state index is 2.41. The van der Waals surface area contributed by atoms with Gasteiger partial charge >= 0.3 is 0 Å². The summed E-state index contributed by atoms with van der Waals surface area (Å²) in [5, 5.41) is 0. The Morgan fingerprint density at radius 3 is 2.36 bits per heavy atom. The second-order valence-corrected chi connectivity index (χ2v) is 6.74. The molecule has 11 heavy (non-hydrogen) atoms. The lowest BCUT2D eigenvalue weighted by Gasteiger charge is -2.20. The molecule has 0 amide bonds. The zero-order valence-electron chi connectivity index (χ0n) is 7.56. The van der Waals surface area contributed by atoms with Crippen LogP contribution in [-0.2, 0) is 0 Å². The van der Waals surface area contributed by atoms with Crippen LogP contribution in [0.1, 0.15) is 39.5 Å². The lowest BCUT2D eigenvalue weighted by atomic mass is 10.2. The average molecular weight is 190 g/mol. The van der Waals surface area contributed by atoms with E-state index in [1.54, 1.807) is 0 Å². The summed E-state index contributed by atoms with van der Waals surface area (Å²) in [4.78, 5) is 0. The molecule has 1 aliphatic heterocycles. The van der Waals surface area contributed by atoms with E-state index in [0.29, 0.717) is 4.08 Å². The molecule has 0 aromatic heterocycles. The largest absolute Gasteiger partial charge is 0.144 e. The molecule has 0 nitrogen and oxygen atoms in total. The molecule has 0 N–H and O–H groups in total. The first-order chi connectivity index (χ1) is 5.27. The summed E-state index contributed by atoms with van der Waals surface area (Å²) in [6.07, 6.45) is 5.60. The predicted molar refractivity (Wildman–Crippen MR) is 57.5 cm³/mol. The lowest BCUT2D eigenvalue weighted by molar-refractivity contribution is 0.646. The van der Waals surface area contributed by atoms with Gasteiger partial charge in [0.1, 0.15) is 0 Å². The van der Waals surface area contributed by atoms with Gasteiger partial charge in [0, 0.05) is 11.5 Å². The fourth-order valence-electron chi connectivity index (χ4n) is 1.40. The summed E-state index contributed by atoms with van der Waals surface area (Å²) in [6.45, 7) is 4.68. The molecule has 0 unspecified atom stereocenters. The van der Waals surface area contributed by atoms with Crippen molar-refractivity contribution in [2.45, 2.75) is 43.6 Å². The van der Waals surface area contributed by atoms with Crippen LogP contribution in [0.4, 0.5) is 0 Å². The molecule has 0 aliphatic carbocycles. The Labute approximate surface area is 78.9 Å². The first kappa shape index (κ1) is 9.79. The van der Waals surface area contributed by atoms with E-state index in [2.05, 4.69) is 37.4 Å². The van der Waals surface area contributed by atoms with Gasteiger partial charge in [-0.3, -0.25) is 0 Å². The predicted octanol–water partition coefficient (Wildman–Crippen LogP) is 3.76. The van der Waals surface area contributed by atoms with Crippen LogP contribution in [0.5, 0.6) is 0 Å². The van der Waals surface area contributed by atoms with Gasteiger partial charge in [-0.2, -0.15) is 0 Å². The van der Waals surface area contributed by atoms with E-state index < -0.39 is 0 Å². The smallest absolute Gasteiger partial charge is 0.0583 e. The highest BCUT2D eigenvalue weighted by Crippen LogP contribution is 2.46. The van der Waals surface area contributed by atoms with Gasteiger partial charge in [-0.1, -0.05) is 26.2 Å². The Morgan fingerprint density at radius 1 is 1.18 bits per heavy atom. The number of rotatable bonds is 4. The Hall–Kier alpha value is 0.700. The molecule has 2 heteroatoms.